The number of Topliss-reactive ketones (excluding diaryl/α,β-unsaturated/α-hetero) is 1. The number of ketones is 1. The van der Waals surface area contributed by atoms with Crippen LogP contribution in [0.3, 0.4) is 0 Å². The maximum absolute atomic E-state index is 14.1. The molecular weight excluding hydrogens is 349 g/mol. The molecule has 4 rings (SSSR count). The van der Waals surface area contributed by atoms with Gasteiger partial charge in [0, 0.05) is 24.5 Å². The predicted molar refractivity (Wildman–Crippen MR) is 97.8 cm³/mol. The van der Waals surface area contributed by atoms with Crippen LogP contribution in [0.15, 0.2) is 35.4 Å². The number of benzene rings is 1. The Morgan fingerprint density at radius 3 is 2.74 bits per heavy atom. The van der Waals surface area contributed by atoms with Gasteiger partial charge in [-0.15, -0.1) is 0 Å². The lowest BCUT2D eigenvalue weighted by molar-refractivity contribution is -0.116. The van der Waals surface area contributed by atoms with Gasteiger partial charge in [0.05, 0.1) is 5.69 Å². The van der Waals surface area contributed by atoms with Crippen molar-refractivity contribution in [2.75, 3.05) is 0 Å². The third-order valence-corrected chi connectivity index (χ3v) is 4.78. The highest BCUT2D eigenvalue weighted by atomic mass is 19.1. The third kappa shape index (κ3) is 3.32. The third-order valence-electron chi connectivity index (χ3n) is 4.78. The van der Waals surface area contributed by atoms with Gasteiger partial charge in [-0.25, -0.2) is 13.9 Å². The summed E-state index contributed by atoms with van der Waals surface area (Å²) < 4.78 is 15.5. The van der Waals surface area contributed by atoms with Crippen molar-refractivity contribution in [3.63, 3.8) is 0 Å². The molecule has 2 aromatic heterocycles. The van der Waals surface area contributed by atoms with Crippen LogP contribution in [0.25, 0.3) is 22.7 Å². The highest BCUT2D eigenvalue weighted by Gasteiger charge is 2.25. The summed E-state index contributed by atoms with van der Waals surface area (Å²) in [4.78, 5) is 28.0. The summed E-state index contributed by atoms with van der Waals surface area (Å²) in [7, 11) is 0. The van der Waals surface area contributed by atoms with Crippen molar-refractivity contribution in [1.29, 1.82) is 0 Å². The normalized spacial score (nSPS) is 15.2. The summed E-state index contributed by atoms with van der Waals surface area (Å²) >= 11 is 0. The topological polar surface area (TPSA) is 84.6 Å². The van der Waals surface area contributed by atoms with Gasteiger partial charge in [-0.05, 0) is 49.4 Å². The van der Waals surface area contributed by atoms with Gasteiger partial charge in [0.2, 0.25) is 0 Å². The molecule has 1 fully saturated rings. The van der Waals surface area contributed by atoms with E-state index in [4.69, 9.17) is 0 Å². The first-order valence-electron chi connectivity index (χ1n) is 8.83. The number of halogens is 1. The molecule has 2 heterocycles. The van der Waals surface area contributed by atoms with E-state index in [1.54, 1.807) is 0 Å². The molecule has 1 aromatic carbocycles. The van der Waals surface area contributed by atoms with Crippen LogP contribution in [0, 0.1) is 5.82 Å². The number of carbonyl (C=O) groups is 1. The lowest BCUT2D eigenvalue weighted by Crippen LogP contribution is -2.30. The number of hydrogen-bond donors (Lipinski definition) is 1. The molecule has 1 aliphatic carbocycles. The Labute approximate surface area is 154 Å². The van der Waals surface area contributed by atoms with Crippen LogP contribution in [0.2, 0.25) is 0 Å². The molecular formula is C20H18FN3O3. The Morgan fingerprint density at radius 2 is 2.04 bits per heavy atom. The van der Waals surface area contributed by atoms with E-state index in [2.05, 4.69) is 10.1 Å². The number of fused-ring (bicyclic) bond motifs is 1. The fourth-order valence-corrected chi connectivity index (χ4v) is 3.26. The summed E-state index contributed by atoms with van der Waals surface area (Å²) in [5, 5.41) is 14.5. The minimum Gasteiger partial charge on any atom is -0.511 e. The van der Waals surface area contributed by atoms with Gasteiger partial charge in [0.25, 0.3) is 0 Å². The molecule has 1 aliphatic rings. The number of pyridine rings is 1. The lowest BCUT2D eigenvalue weighted by Gasteiger charge is -2.08. The van der Waals surface area contributed by atoms with Crippen LogP contribution >= 0.6 is 0 Å². The fraction of sp³-hybridized carbons (Fsp3) is 0.300. The quantitative estimate of drug-likeness (QED) is 0.749. The second-order valence-corrected chi connectivity index (χ2v) is 6.96. The highest BCUT2D eigenvalue weighted by molar-refractivity contribution is 5.76. The molecule has 0 atom stereocenters. The van der Waals surface area contributed by atoms with E-state index in [1.807, 2.05) is 6.07 Å². The van der Waals surface area contributed by atoms with Gasteiger partial charge >= 0.3 is 0 Å². The van der Waals surface area contributed by atoms with Crippen molar-refractivity contribution in [3.05, 3.63) is 57.4 Å². The molecule has 0 bridgehead atoms. The maximum Gasteiger partial charge on any atom is 0.195 e. The number of carbonyl (C=O) groups excluding carboxylic acids is 1. The fourth-order valence-electron chi connectivity index (χ4n) is 3.26. The zero-order valence-electron chi connectivity index (χ0n) is 14.8. The molecule has 3 aromatic rings. The molecule has 0 spiro atoms. The zero-order chi connectivity index (χ0) is 19.1. The van der Waals surface area contributed by atoms with E-state index in [1.165, 1.54) is 36.0 Å². The summed E-state index contributed by atoms with van der Waals surface area (Å²) in [5.74, 6) is -0.288. The first kappa shape index (κ1) is 17.3. The minimum absolute atomic E-state index is 0.0244. The van der Waals surface area contributed by atoms with Crippen LogP contribution in [-0.2, 0) is 4.79 Å². The van der Waals surface area contributed by atoms with Crippen molar-refractivity contribution in [1.82, 2.24) is 14.6 Å². The van der Waals surface area contributed by atoms with Crippen LogP contribution in [0.5, 0.6) is 0 Å². The molecule has 138 valence electrons. The van der Waals surface area contributed by atoms with Crippen molar-refractivity contribution in [2.45, 2.75) is 38.5 Å². The SMILES string of the molecule is CC(=O)CCC(O)=c1c(=O)cc(-c2cc(F)cc(C3CC3)c2)n2ncnc12. The Balaban J connectivity index is 1.92. The van der Waals surface area contributed by atoms with Crippen LogP contribution in [-0.4, -0.2) is 25.5 Å². The predicted octanol–water partition coefficient (Wildman–Crippen LogP) is 2.53. The van der Waals surface area contributed by atoms with E-state index in [0.717, 1.165) is 18.4 Å². The molecule has 1 N–H and O–H groups in total. The molecule has 1 saturated carbocycles. The average molecular weight is 367 g/mol. The molecule has 0 saturated heterocycles. The first-order valence-corrected chi connectivity index (χ1v) is 8.83. The number of aromatic nitrogens is 3. The summed E-state index contributed by atoms with van der Waals surface area (Å²) in [6, 6.07) is 6.08. The van der Waals surface area contributed by atoms with E-state index in [-0.39, 0.29) is 41.1 Å². The summed E-state index contributed by atoms with van der Waals surface area (Å²) in [6.45, 7) is 1.42. The number of aliphatic hydroxyl groups excluding tert-OH is 1. The number of hydrogen-bond acceptors (Lipinski definition) is 5. The van der Waals surface area contributed by atoms with Crippen molar-refractivity contribution in [2.24, 2.45) is 0 Å². The van der Waals surface area contributed by atoms with Crippen LogP contribution in [0.1, 0.15) is 44.1 Å². The van der Waals surface area contributed by atoms with E-state index >= 15 is 0 Å². The van der Waals surface area contributed by atoms with Gasteiger partial charge < -0.3 is 9.90 Å². The molecule has 0 amide bonds. The maximum atomic E-state index is 14.1. The van der Waals surface area contributed by atoms with Gasteiger partial charge in [-0.2, -0.15) is 5.10 Å². The Hall–Kier alpha value is -3.09. The van der Waals surface area contributed by atoms with Crippen LogP contribution < -0.4 is 10.6 Å². The van der Waals surface area contributed by atoms with E-state index in [0.29, 0.717) is 17.2 Å². The molecule has 0 aliphatic heterocycles. The second-order valence-electron chi connectivity index (χ2n) is 6.96. The largest absolute Gasteiger partial charge is 0.511 e. The molecule has 0 unspecified atom stereocenters. The monoisotopic (exact) mass is 367 g/mol. The Morgan fingerprint density at radius 1 is 1.26 bits per heavy atom. The number of rotatable bonds is 5. The zero-order valence-corrected chi connectivity index (χ0v) is 14.8. The standard InChI is InChI=1S/C20H18FN3O3/c1-11(25)2-5-17(26)19-18(27)9-16(24-20(19)22-10-23-24)14-6-13(12-3-4-12)7-15(21)8-14/h6-10,12,26H,2-5H2,1H3. The molecule has 27 heavy (non-hydrogen) atoms. The van der Waals surface area contributed by atoms with E-state index < -0.39 is 5.43 Å². The summed E-state index contributed by atoms with van der Waals surface area (Å²) in [6.07, 6.45) is 3.53. The van der Waals surface area contributed by atoms with Gasteiger partial charge in [-0.1, -0.05) is 0 Å². The molecule has 6 nitrogen and oxygen atoms in total. The highest BCUT2D eigenvalue weighted by Crippen LogP contribution is 2.41. The number of nitrogens with zero attached hydrogens (tertiary/aromatic N) is 3. The average Bonchev–Trinajstić information content (AvgIpc) is 3.36. The Kier molecular flexibility index (Phi) is 4.22. The van der Waals surface area contributed by atoms with E-state index in [9.17, 15) is 19.1 Å². The minimum atomic E-state index is -0.441. The van der Waals surface area contributed by atoms with Crippen molar-refractivity contribution < 1.29 is 14.3 Å². The smallest absolute Gasteiger partial charge is 0.195 e. The number of aliphatic hydroxyl groups is 1. The van der Waals surface area contributed by atoms with Crippen LogP contribution in [0.4, 0.5) is 4.39 Å². The first-order chi connectivity index (χ1) is 12.9. The summed E-state index contributed by atoms with van der Waals surface area (Å²) in [5.41, 5.74) is 1.61. The van der Waals surface area contributed by atoms with Gasteiger partial charge in [0.15, 0.2) is 11.1 Å². The Bertz CT molecular complexity index is 1170. The molecule has 0 radical (unpaired) electrons. The van der Waals surface area contributed by atoms with Crippen molar-refractivity contribution in [3.8, 4) is 11.3 Å². The second kappa shape index (κ2) is 6.57. The molecule has 7 heteroatoms. The van der Waals surface area contributed by atoms with Gasteiger partial charge in [-0.3, -0.25) is 4.79 Å². The van der Waals surface area contributed by atoms with Crippen molar-refractivity contribution >= 4 is 17.2 Å². The lowest BCUT2D eigenvalue weighted by atomic mass is 10.0. The van der Waals surface area contributed by atoms with Gasteiger partial charge in [0.1, 0.15) is 28.9 Å².